The normalized spacial score (nSPS) is 25.4. The molecule has 0 bridgehead atoms. The number of hydrogen-bond acceptors (Lipinski definition) is 3. The quantitative estimate of drug-likeness (QED) is 0.800. The highest BCUT2D eigenvalue weighted by Gasteiger charge is 2.40. The molecular weight excluding hydrogens is 328 g/mol. The van der Waals surface area contributed by atoms with E-state index < -0.39 is 0 Å². The van der Waals surface area contributed by atoms with Crippen molar-refractivity contribution in [3.63, 3.8) is 0 Å². The number of carbonyl (C=O) groups is 2. The molecule has 0 radical (unpaired) electrons. The van der Waals surface area contributed by atoms with E-state index >= 15 is 0 Å². The molecule has 3 aliphatic rings. The smallest absolute Gasteiger partial charge is 0.228 e. The first kappa shape index (κ1) is 17.6. The van der Waals surface area contributed by atoms with Gasteiger partial charge in [0.2, 0.25) is 11.8 Å². The lowest BCUT2D eigenvalue weighted by molar-refractivity contribution is -0.137. The maximum Gasteiger partial charge on any atom is 0.228 e. The van der Waals surface area contributed by atoms with Crippen LogP contribution in [0.2, 0.25) is 0 Å². The Bertz CT molecular complexity index is 616. The molecule has 6 nitrogen and oxygen atoms in total. The average Bonchev–Trinajstić information content (AvgIpc) is 3.41. The summed E-state index contributed by atoms with van der Waals surface area (Å²) in [5, 5.41) is 0. The fourth-order valence-electron chi connectivity index (χ4n) is 4.69. The van der Waals surface area contributed by atoms with Crippen LogP contribution < -0.4 is 0 Å². The van der Waals surface area contributed by atoms with Crippen molar-refractivity contribution in [1.29, 1.82) is 0 Å². The van der Waals surface area contributed by atoms with Crippen molar-refractivity contribution in [2.24, 2.45) is 5.92 Å². The number of aromatic nitrogens is 1. The molecule has 0 spiro atoms. The number of rotatable bonds is 5. The van der Waals surface area contributed by atoms with Gasteiger partial charge in [0.05, 0.1) is 5.92 Å². The molecule has 3 heterocycles. The summed E-state index contributed by atoms with van der Waals surface area (Å²) in [4.78, 5) is 31.7. The Kier molecular flexibility index (Phi) is 5.29. The first-order chi connectivity index (χ1) is 12.7. The second-order valence-electron chi connectivity index (χ2n) is 7.97. The van der Waals surface area contributed by atoms with E-state index in [2.05, 4.69) is 21.9 Å². The summed E-state index contributed by atoms with van der Waals surface area (Å²) < 4.78 is 2.19. The zero-order valence-corrected chi connectivity index (χ0v) is 15.6. The maximum absolute atomic E-state index is 12.9. The number of nitrogens with zero attached hydrogens (tertiary/aromatic N) is 4. The Morgan fingerprint density at radius 1 is 1.00 bits per heavy atom. The summed E-state index contributed by atoms with van der Waals surface area (Å²) in [7, 11) is 0. The molecule has 1 aliphatic carbocycles. The van der Waals surface area contributed by atoms with Crippen LogP contribution in [0.15, 0.2) is 24.5 Å². The minimum absolute atomic E-state index is 0.116. The molecule has 0 aromatic carbocycles. The minimum Gasteiger partial charge on any atom is -0.353 e. The van der Waals surface area contributed by atoms with E-state index in [0.29, 0.717) is 19.0 Å². The van der Waals surface area contributed by atoms with Gasteiger partial charge in [-0.1, -0.05) is 12.8 Å². The van der Waals surface area contributed by atoms with Gasteiger partial charge in [-0.2, -0.15) is 0 Å². The number of hydrogen-bond donors (Lipinski definition) is 0. The van der Waals surface area contributed by atoms with Crippen LogP contribution in [0.25, 0.3) is 0 Å². The SMILES string of the molecule is O=C(C1CC(=O)N(C2CCCC2)C1)N1CCN(CCn2cccc2)CC1. The van der Waals surface area contributed by atoms with Gasteiger partial charge >= 0.3 is 0 Å². The van der Waals surface area contributed by atoms with Gasteiger partial charge in [0.1, 0.15) is 0 Å². The van der Waals surface area contributed by atoms with Crippen molar-refractivity contribution in [1.82, 2.24) is 19.3 Å². The average molecular weight is 358 g/mol. The molecule has 0 N–H and O–H groups in total. The first-order valence-corrected chi connectivity index (χ1v) is 10.1. The predicted octanol–water partition coefficient (Wildman–Crippen LogP) is 1.42. The van der Waals surface area contributed by atoms with Crippen molar-refractivity contribution >= 4 is 11.8 Å². The third-order valence-electron chi connectivity index (χ3n) is 6.30. The van der Waals surface area contributed by atoms with Crippen LogP contribution in [-0.4, -0.2) is 76.4 Å². The molecule has 6 heteroatoms. The molecule has 26 heavy (non-hydrogen) atoms. The fourth-order valence-corrected chi connectivity index (χ4v) is 4.69. The molecule has 1 atom stereocenters. The number of amides is 2. The Balaban J connectivity index is 1.24. The maximum atomic E-state index is 12.9. The van der Waals surface area contributed by atoms with Gasteiger partial charge in [0.15, 0.2) is 0 Å². The van der Waals surface area contributed by atoms with Crippen LogP contribution >= 0.6 is 0 Å². The van der Waals surface area contributed by atoms with Crippen molar-refractivity contribution in [3.05, 3.63) is 24.5 Å². The predicted molar refractivity (Wildman–Crippen MR) is 99.5 cm³/mol. The number of likely N-dealkylation sites (tertiary alicyclic amines) is 1. The van der Waals surface area contributed by atoms with E-state index in [1.807, 2.05) is 21.9 Å². The van der Waals surface area contributed by atoms with E-state index in [-0.39, 0.29) is 17.7 Å². The second-order valence-corrected chi connectivity index (χ2v) is 7.97. The Morgan fingerprint density at radius 3 is 2.38 bits per heavy atom. The van der Waals surface area contributed by atoms with Gasteiger partial charge < -0.3 is 14.4 Å². The molecule has 1 unspecified atom stereocenters. The van der Waals surface area contributed by atoms with Crippen molar-refractivity contribution in [2.75, 3.05) is 39.3 Å². The molecule has 2 amide bonds. The van der Waals surface area contributed by atoms with Gasteiger partial charge in [-0.05, 0) is 25.0 Å². The lowest BCUT2D eigenvalue weighted by Gasteiger charge is -2.36. The number of piperazine rings is 1. The summed E-state index contributed by atoms with van der Waals surface area (Å²) in [6.45, 7) is 6.11. The van der Waals surface area contributed by atoms with Crippen LogP contribution in [0, 0.1) is 5.92 Å². The third kappa shape index (κ3) is 3.80. The molecule has 3 fully saturated rings. The van der Waals surface area contributed by atoms with E-state index in [1.165, 1.54) is 12.8 Å². The van der Waals surface area contributed by atoms with Crippen LogP contribution in [0.3, 0.4) is 0 Å². The Morgan fingerprint density at radius 2 is 1.69 bits per heavy atom. The standard InChI is InChI=1S/C20H30N4O2/c25-19-15-17(16-24(19)18-5-1-2-6-18)20(26)23-13-11-22(12-14-23)10-9-21-7-3-4-8-21/h3-4,7-8,17-18H,1-2,5-6,9-16H2. The highest BCUT2D eigenvalue weighted by atomic mass is 16.2. The number of carbonyl (C=O) groups excluding carboxylic acids is 2. The van der Waals surface area contributed by atoms with E-state index in [0.717, 1.165) is 52.1 Å². The minimum atomic E-state index is -0.116. The summed E-state index contributed by atoms with van der Waals surface area (Å²) in [6, 6.07) is 4.49. The lowest BCUT2D eigenvalue weighted by Crippen LogP contribution is -2.51. The summed E-state index contributed by atoms with van der Waals surface area (Å²) in [5.74, 6) is 0.277. The largest absolute Gasteiger partial charge is 0.353 e. The molecular formula is C20H30N4O2. The Labute approximate surface area is 155 Å². The van der Waals surface area contributed by atoms with Crippen molar-refractivity contribution in [2.45, 2.75) is 44.7 Å². The van der Waals surface area contributed by atoms with Crippen molar-refractivity contribution in [3.8, 4) is 0 Å². The molecule has 1 saturated carbocycles. The zero-order valence-electron chi connectivity index (χ0n) is 15.6. The molecule has 142 valence electrons. The molecule has 1 aromatic rings. The molecule has 2 aliphatic heterocycles. The van der Waals surface area contributed by atoms with Gasteiger partial charge in [-0.25, -0.2) is 0 Å². The lowest BCUT2D eigenvalue weighted by atomic mass is 10.1. The molecule has 2 saturated heterocycles. The van der Waals surface area contributed by atoms with Gasteiger partial charge in [0, 0.05) is 70.7 Å². The highest BCUT2D eigenvalue weighted by Crippen LogP contribution is 2.30. The highest BCUT2D eigenvalue weighted by molar-refractivity contribution is 5.89. The zero-order chi connectivity index (χ0) is 17.9. The fraction of sp³-hybridized carbons (Fsp3) is 0.700. The van der Waals surface area contributed by atoms with Crippen molar-refractivity contribution < 1.29 is 9.59 Å². The molecule has 4 rings (SSSR count). The van der Waals surface area contributed by atoms with Gasteiger partial charge in [-0.3, -0.25) is 14.5 Å². The van der Waals surface area contributed by atoms with E-state index in [9.17, 15) is 9.59 Å². The van der Waals surface area contributed by atoms with Gasteiger partial charge in [-0.15, -0.1) is 0 Å². The Hall–Kier alpha value is -1.82. The van der Waals surface area contributed by atoms with Crippen LogP contribution in [0.4, 0.5) is 0 Å². The van der Waals surface area contributed by atoms with Crippen LogP contribution in [0.5, 0.6) is 0 Å². The summed E-state index contributed by atoms with van der Waals surface area (Å²) in [5.41, 5.74) is 0. The third-order valence-corrected chi connectivity index (χ3v) is 6.30. The monoisotopic (exact) mass is 358 g/mol. The topological polar surface area (TPSA) is 48.8 Å². The van der Waals surface area contributed by atoms with Crippen LogP contribution in [0.1, 0.15) is 32.1 Å². The van der Waals surface area contributed by atoms with E-state index in [1.54, 1.807) is 0 Å². The molecule has 1 aromatic heterocycles. The summed E-state index contributed by atoms with van der Waals surface area (Å²) >= 11 is 0. The van der Waals surface area contributed by atoms with Gasteiger partial charge in [0.25, 0.3) is 0 Å². The van der Waals surface area contributed by atoms with Crippen LogP contribution in [-0.2, 0) is 16.1 Å². The first-order valence-electron chi connectivity index (χ1n) is 10.1. The summed E-state index contributed by atoms with van der Waals surface area (Å²) in [6.07, 6.45) is 9.28. The van der Waals surface area contributed by atoms with E-state index in [4.69, 9.17) is 0 Å². The second kappa shape index (κ2) is 7.82.